The van der Waals surface area contributed by atoms with E-state index in [4.69, 9.17) is 4.74 Å². The van der Waals surface area contributed by atoms with E-state index in [1.807, 2.05) is 56.3 Å². The fourth-order valence-corrected chi connectivity index (χ4v) is 2.74. The fourth-order valence-electron chi connectivity index (χ4n) is 2.36. The van der Waals surface area contributed by atoms with Gasteiger partial charge in [0.15, 0.2) is 0 Å². The average molecular weight is 399 g/mol. The zero-order valence-corrected chi connectivity index (χ0v) is 15.8. The zero-order valence-electron chi connectivity index (χ0n) is 14.2. The Morgan fingerprint density at radius 3 is 2.72 bits per heavy atom. The van der Waals surface area contributed by atoms with Gasteiger partial charge in [-0.1, -0.05) is 41.1 Å². The summed E-state index contributed by atoms with van der Waals surface area (Å²) in [7, 11) is 0. The molecule has 0 atom stereocenters. The number of amides is 1. The van der Waals surface area contributed by atoms with Crippen LogP contribution in [0.3, 0.4) is 0 Å². The Morgan fingerprint density at radius 1 is 1.28 bits per heavy atom. The van der Waals surface area contributed by atoms with Crippen LogP contribution in [0.4, 0.5) is 5.69 Å². The van der Waals surface area contributed by atoms with Gasteiger partial charge in [0.2, 0.25) is 0 Å². The Labute approximate surface area is 156 Å². The number of halogens is 1. The molecular weight excluding hydrogens is 380 g/mol. The minimum absolute atomic E-state index is 0.0185. The van der Waals surface area contributed by atoms with E-state index in [0.717, 1.165) is 22.1 Å². The summed E-state index contributed by atoms with van der Waals surface area (Å²) < 4.78 is 6.41. The molecule has 2 aromatic carbocycles. The second-order valence-electron chi connectivity index (χ2n) is 5.25. The number of ether oxygens (including phenoxy) is 1. The molecule has 25 heavy (non-hydrogen) atoms. The second kappa shape index (κ2) is 9.05. The molecule has 0 spiro atoms. The number of carbonyl (C=O) groups excluding carboxylic acids is 1. The molecule has 0 unspecified atom stereocenters. The van der Waals surface area contributed by atoms with E-state index < -0.39 is 5.91 Å². The van der Waals surface area contributed by atoms with Gasteiger partial charge in [0.25, 0.3) is 5.91 Å². The Kier molecular flexibility index (Phi) is 6.79. The maximum atomic E-state index is 12.5. The third kappa shape index (κ3) is 4.94. The third-order valence-corrected chi connectivity index (χ3v) is 4.08. The van der Waals surface area contributed by atoms with Crippen LogP contribution in [0.1, 0.15) is 25.0 Å². The minimum Gasteiger partial charge on any atom is -0.493 e. The lowest BCUT2D eigenvalue weighted by Crippen LogP contribution is -2.14. The molecule has 0 aliphatic rings. The maximum Gasteiger partial charge on any atom is 0.266 e. The monoisotopic (exact) mass is 398 g/mol. The Balaban J connectivity index is 2.33. The number of nitrogens with one attached hydrogen (secondary N) is 1. The fraction of sp³-hybridized carbons (Fsp3) is 0.200. The quantitative estimate of drug-likeness (QED) is 0.552. The largest absolute Gasteiger partial charge is 0.493 e. The van der Waals surface area contributed by atoms with Crippen LogP contribution in [-0.2, 0) is 11.2 Å². The summed E-state index contributed by atoms with van der Waals surface area (Å²) in [6.45, 7) is 4.40. The van der Waals surface area contributed by atoms with Crippen molar-refractivity contribution in [2.75, 3.05) is 11.9 Å². The van der Waals surface area contributed by atoms with Crippen molar-refractivity contribution in [2.45, 2.75) is 20.3 Å². The first-order valence-electron chi connectivity index (χ1n) is 8.02. The molecule has 0 fully saturated rings. The van der Waals surface area contributed by atoms with Crippen LogP contribution in [0.15, 0.2) is 52.5 Å². The van der Waals surface area contributed by atoms with E-state index in [2.05, 4.69) is 21.2 Å². The first kappa shape index (κ1) is 18.8. The highest BCUT2D eigenvalue weighted by Gasteiger charge is 2.13. The van der Waals surface area contributed by atoms with Gasteiger partial charge in [0.1, 0.15) is 17.4 Å². The normalized spacial score (nSPS) is 10.9. The number of hydrogen-bond acceptors (Lipinski definition) is 3. The lowest BCUT2D eigenvalue weighted by atomic mass is 10.1. The standard InChI is InChI=1S/C20H19BrN2O2/c1-3-14-7-5-6-8-18(14)23-20(24)16(13-22)11-15-12-17(21)9-10-19(15)25-4-2/h5-12H,3-4H2,1-2H3,(H,23,24)/b16-11+. The van der Waals surface area contributed by atoms with Crippen LogP contribution in [0.25, 0.3) is 6.08 Å². The van der Waals surface area contributed by atoms with E-state index in [1.165, 1.54) is 0 Å². The smallest absolute Gasteiger partial charge is 0.266 e. The molecule has 1 amide bonds. The summed E-state index contributed by atoms with van der Waals surface area (Å²) in [4.78, 5) is 12.5. The summed E-state index contributed by atoms with van der Waals surface area (Å²) in [6.07, 6.45) is 2.34. The Hall–Kier alpha value is -2.58. The molecule has 2 rings (SSSR count). The predicted octanol–water partition coefficient (Wildman–Crippen LogP) is 4.96. The molecule has 128 valence electrons. The van der Waals surface area contributed by atoms with Gasteiger partial charge in [-0.15, -0.1) is 0 Å². The number of anilines is 1. The van der Waals surface area contributed by atoms with Crippen LogP contribution in [0, 0.1) is 11.3 Å². The van der Waals surface area contributed by atoms with Crippen LogP contribution < -0.4 is 10.1 Å². The summed E-state index contributed by atoms with van der Waals surface area (Å²) >= 11 is 3.40. The molecule has 2 aromatic rings. The molecule has 0 aliphatic carbocycles. The number of carbonyl (C=O) groups is 1. The number of para-hydroxylation sites is 1. The van der Waals surface area contributed by atoms with Crippen molar-refractivity contribution < 1.29 is 9.53 Å². The van der Waals surface area contributed by atoms with Crippen molar-refractivity contribution >= 4 is 33.6 Å². The highest BCUT2D eigenvalue weighted by molar-refractivity contribution is 9.10. The van der Waals surface area contributed by atoms with Gasteiger partial charge in [-0.2, -0.15) is 5.26 Å². The predicted molar refractivity (Wildman–Crippen MR) is 103 cm³/mol. The van der Waals surface area contributed by atoms with Crippen molar-refractivity contribution in [1.29, 1.82) is 5.26 Å². The van der Waals surface area contributed by atoms with Crippen molar-refractivity contribution in [3.05, 3.63) is 63.6 Å². The van der Waals surface area contributed by atoms with E-state index >= 15 is 0 Å². The molecule has 4 nitrogen and oxygen atoms in total. The third-order valence-electron chi connectivity index (χ3n) is 3.58. The molecule has 5 heteroatoms. The van der Waals surface area contributed by atoms with Gasteiger partial charge in [0, 0.05) is 15.7 Å². The van der Waals surface area contributed by atoms with Crippen LogP contribution >= 0.6 is 15.9 Å². The number of nitriles is 1. The van der Waals surface area contributed by atoms with Gasteiger partial charge in [0.05, 0.1) is 6.61 Å². The lowest BCUT2D eigenvalue weighted by Gasteiger charge is -2.10. The molecule has 0 aromatic heterocycles. The summed E-state index contributed by atoms with van der Waals surface area (Å²) in [6, 6.07) is 15.0. The SMILES string of the molecule is CCOc1ccc(Br)cc1/C=C(\C#N)C(=O)Nc1ccccc1CC. The van der Waals surface area contributed by atoms with E-state index in [1.54, 1.807) is 12.1 Å². The minimum atomic E-state index is -0.439. The van der Waals surface area contributed by atoms with Crippen LogP contribution in [-0.4, -0.2) is 12.5 Å². The molecule has 0 aliphatic heterocycles. The van der Waals surface area contributed by atoms with Crippen molar-refractivity contribution in [3.8, 4) is 11.8 Å². The number of rotatable bonds is 6. The topological polar surface area (TPSA) is 62.1 Å². The number of nitrogens with zero attached hydrogens (tertiary/aromatic N) is 1. The molecule has 1 N–H and O–H groups in total. The molecule has 0 heterocycles. The maximum absolute atomic E-state index is 12.5. The van der Waals surface area contributed by atoms with Crippen LogP contribution in [0.2, 0.25) is 0 Å². The zero-order chi connectivity index (χ0) is 18.2. The number of benzene rings is 2. The Bertz CT molecular complexity index is 838. The van der Waals surface area contributed by atoms with E-state index in [0.29, 0.717) is 17.9 Å². The van der Waals surface area contributed by atoms with Crippen molar-refractivity contribution in [1.82, 2.24) is 0 Å². The van der Waals surface area contributed by atoms with Crippen LogP contribution in [0.5, 0.6) is 5.75 Å². The second-order valence-corrected chi connectivity index (χ2v) is 6.17. The lowest BCUT2D eigenvalue weighted by molar-refractivity contribution is -0.112. The van der Waals surface area contributed by atoms with Crippen molar-refractivity contribution in [2.24, 2.45) is 0 Å². The molecule has 0 saturated heterocycles. The number of hydrogen-bond donors (Lipinski definition) is 1. The number of aryl methyl sites for hydroxylation is 1. The van der Waals surface area contributed by atoms with Gasteiger partial charge >= 0.3 is 0 Å². The molecule has 0 radical (unpaired) electrons. The summed E-state index contributed by atoms with van der Waals surface area (Å²) in [5, 5.41) is 12.2. The molecule has 0 bridgehead atoms. The molecular formula is C20H19BrN2O2. The summed E-state index contributed by atoms with van der Waals surface area (Å²) in [5.74, 6) is 0.186. The van der Waals surface area contributed by atoms with E-state index in [-0.39, 0.29) is 5.57 Å². The Morgan fingerprint density at radius 2 is 2.04 bits per heavy atom. The first-order chi connectivity index (χ1) is 12.1. The summed E-state index contributed by atoms with van der Waals surface area (Å²) in [5.41, 5.74) is 2.43. The van der Waals surface area contributed by atoms with Gasteiger partial charge in [-0.05, 0) is 49.2 Å². The molecule has 0 saturated carbocycles. The average Bonchev–Trinajstić information content (AvgIpc) is 2.62. The van der Waals surface area contributed by atoms with E-state index in [9.17, 15) is 10.1 Å². The first-order valence-corrected chi connectivity index (χ1v) is 8.81. The van der Waals surface area contributed by atoms with Gasteiger partial charge in [-0.3, -0.25) is 4.79 Å². The van der Waals surface area contributed by atoms with Gasteiger partial charge in [-0.25, -0.2) is 0 Å². The highest BCUT2D eigenvalue weighted by Crippen LogP contribution is 2.26. The van der Waals surface area contributed by atoms with Crippen molar-refractivity contribution in [3.63, 3.8) is 0 Å². The van der Waals surface area contributed by atoms with Gasteiger partial charge < -0.3 is 10.1 Å². The highest BCUT2D eigenvalue weighted by atomic mass is 79.9.